The molecule has 4 aliphatic carbocycles. The first-order valence-corrected chi connectivity index (χ1v) is 25.4. The molecule has 6 aromatic carbocycles. The van der Waals surface area contributed by atoms with Crippen LogP contribution in [0.1, 0.15) is 197 Å². The van der Waals surface area contributed by atoms with Crippen molar-refractivity contribution in [1.82, 2.24) is 0 Å². The van der Waals surface area contributed by atoms with E-state index in [4.69, 9.17) is 0 Å². The summed E-state index contributed by atoms with van der Waals surface area (Å²) in [6.07, 6.45) is 22.7. The van der Waals surface area contributed by atoms with E-state index in [1.807, 2.05) is 18.2 Å². The Morgan fingerprint density at radius 2 is 0.646 bits per heavy atom. The molecular formula is C61H68O4. The third kappa shape index (κ3) is 9.20. The molecular weight excluding hydrogens is 797 g/mol. The highest BCUT2D eigenvalue weighted by Gasteiger charge is 2.32. The van der Waals surface area contributed by atoms with Gasteiger partial charge in [0.15, 0.2) is 0 Å². The van der Waals surface area contributed by atoms with Crippen LogP contribution in [0.15, 0.2) is 115 Å². The molecule has 0 heterocycles. The Morgan fingerprint density at radius 1 is 0.308 bits per heavy atom. The molecule has 0 radical (unpaired) electrons. The minimum Gasteiger partial charge on any atom is -0.508 e. The molecule has 0 aliphatic heterocycles. The maximum Gasteiger partial charge on any atom is 0.123 e. The van der Waals surface area contributed by atoms with Crippen LogP contribution in [0.4, 0.5) is 0 Å². The smallest absolute Gasteiger partial charge is 0.123 e. The Labute approximate surface area is 387 Å². The number of phenolic OH excluding ortho intramolecular Hbond substituents is 4. The molecule has 0 spiro atoms. The van der Waals surface area contributed by atoms with Gasteiger partial charge in [-0.25, -0.2) is 0 Å². The van der Waals surface area contributed by atoms with Gasteiger partial charge in [-0.1, -0.05) is 144 Å². The molecule has 4 saturated carbocycles. The van der Waals surface area contributed by atoms with Crippen LogP contribution in [0.25, 0.3) is 33.4 Å². The minimum atomic E-state index is -0.491. The van der Waals surface area contributed by atoms with Crippen molar-refractivity contribution in [2.24, 2.45) is 0 Å². The lowest BCUT2D eigenvalue weighted by Crippen LogP contribution is -2.12. The predicted octanol–water partition coefficient (Wildman–Crippen LogP) is 16.9. The van der Waals surface area contributed by atoms with E-state index in [9.17, 15) is 20.4 Å². The quantitative estimate of drug-likeness (QED) is 0.103. The Balaban J connectivity index is 1.20. The van der Waals surface area contributed by atoms with Gasteiger partial charge in [0.1, 0.15) is 23.0 Å². The maximum atomic E-state index is 13.0. The largest absolute Gasteiger partial charge is 0.508 e. The summed E-state index contributed by atoms with van der Waals surface area (Å²) in [6, 6.07) is 40.5. The molecule has 0 bridgehead atoms. The van der Waals surface area contributed by atoms with Gasteiger partial charge < -0.3 is 20.4 Å². The normalized spacial score (nSPS) is 18.3. The fourth-order valence-electron chi connectivity index (χ4n) is 12.6. The molecule has 4 fully saturated rings. The third-order valence-corrected chi connectivity index (χ3v) is 16.2. The summed E-state index contributed by atoms with van der Waals surface area (Å²) in [7, 11) is 0. The summed E-state index contributed by atoms with van der Waals surface area (Å²) < 4.78 is 0. The summed E-state index contributed by atoms with van der Waals surface area (Å²) in [6.45, 7) is 0. The molecule has 10 rings (SSSR count). The summed E-state index contributed by atoms with van der Waals surface area (Å²) >= 11 is 0. The van der Waals surface area contributed by atoms with Crippen LogP contribution in [0.3, 0.4) is 0 Å². The first-order chi connectivity index (χ1) is 31.9. The molecule has 0 saturated heterocycles. The Kier molecular flexibility index (Phi) is 13.1. The van der Waals surface area contributed by atoms with Crippen LogP contribution in [-0.4, -0.2) is 20.4 Å². The minimum absolute atomic E-state index is 0.228. The highest BCUT2D eigenvalue weighted by Crippen LogP contribution is 2.52. The lowest BCUT2D eigenvalue weighted by Gasteiger charge is -2.30. The molecule has 4 N–H and O–H groups in total. The van der Waals surface area contributed by atoms with Crippen molar-refractivity contribution in [2.75, 3.05) is 0 Å². The van der Waals surface area contributed by atoms with Crippen LogP contribution < -0.4 is 0 Å². The Morgan fingerprint density at radius 3 is 1.05 bits per heavy atom. The second kappa shape index (κ2) is 19.5. The zero-order chi connectivity index (χ0) is 44.3. The van der Waals surface area contributed by atoms with Gasteiger partial charge >= 0.3 is 0 Å². The first-order valence-electron chi connectivity index (χ1n) is 25.4. The van der Waals surface area contributed by atoms with E-state index < -0.39 is 5.92 Å². The summed E-state index contributed by atoms with van der Waals surface area (Å²) in [5.41, 5.74) is 13.1. The van der Waals surface area contributed by atoms with Crippen LogP contribution in [0.5, 0.6) is 23.0 Å². The number of hydrogen-bond donors (Lipinski definition) is 4. The Hall–Kier alpha value is -5.48. The van der Waals surface area contributed by atoms with E-state index in [0.29, 0.717) is 34.8 Å². The zero-order valence-electron chi connectivity index (χ0n) is 38.3. The lowest BCUT2D eigenvalue weighted by molar-refractivity contribution is 0.407. The van der Waals surface area contributed by atoms with Gasteiger partial charge in [0.25, 0.3) is 0 Å². The van der Waals surface area contributed by atoms with E-state index in [1.165, 1.54) is 51.4 Å². The van der Waals surface area contributed by atoms with E-state index in [0.717, 1.165) is 149 Å². The molecule has 4 heteroatoms. The second-order valence-electron chi connectivity index (χ2n) is 20.3. The van der Waals surface area contributed by atoms with Gasteiger partial charge in [0, 0.05) is 17.0 Å². The summed E-state index contributed by atoms with van der Waals surface area (Å²) in [4.78, 5) is 0. The summed E-state index contributed by atoms with van der Waals surface area (Å²) in [5, 5.41) is 48.6. The van der Waals surface area contributed by atoms with E-state index in [1.54, 1.807) is 0 Å². The molecule has 6 aromatic rings. The molecule has 4 aliphatic rings. The van der Waals surface area contributed by atoms with E-state index in [-0.39, 0.29) is 11.8 Å². The zero-order valence-corrected chi connectivity index (χ0v) is 38.3. The van der Waals surface area contributed by atoms with Crippen molar-refractivity contribution in [3.8, 4) is 56.4 Å². The molecule has 0 amide bonds. The highest BCUT2D eigenvalue weighted by molar-refractivity contribution is 5.75. The van der Waals surface area contributed by atoms with Gasteiger partial charge in [0.2, 0.25) is 0 Å². The monoisotopic (exact) mass is 865 g/mol. The molecule has 4 nitrogen and oxygen atoms in total. The summed E-state index contributed by atoms with van der Waals surface area (Å²) in [5.74, 6) is 2.06. The molecule has 0 atom stereocenters. The van der Waals surface area contributed by atoms with Gasteiger partial charge in [-0.2, -0.15) is 0 Å². The second-order valence-corrected chi connectivity index (χ2v) is 20.3. The average molecular weight is 865 g/mol. The Bertz CT molecular complexity index is 2430. The maximum absolute atomic E-state index is 13.0. The van der Waals surface area contributed by atoms with Crippen molar-refractivity contribution < 1.29 is 20.4 Å². The average Bonchev–Trinajstić information content (AvgIpc) is 3.37. The number of benzene rings is 6. The van der Waals surface area contributed by atoms with Crippen LogP contribution >= 0.6 is 0 Å². The van der Waals surface area contributed by atoms with Crippen molar-refractivity contribution in [3.05, 3.63) is 154 Å². The van der Waals surface area contributed by atoms with Crippen LogP contribution in [0.2, 0.25) is 0 Å². The fraction of sp³-hybridized carbons (Fsp3) is 0.410. The number of aromatic hydroxyl groups is 4. The molecule has 65 heavy (non-hydrogen) atoms. The number of rotatable bonds is 10. The van der Waals surface area contributed by atoms with Crippen molar-refractivity contribution >= 4 is 0 Å². The highest BCUT2D eigenvalue weighted by atomic mass is 16.3. The van der Waals surface area contributed by atoms with Crippen molar-refractivity contribution in [1.29, 1.82) is 0 Å². The van der Waals surface area contributed by atoms with Crippen molar-refractivity contribution in [3.63, 3.8) is 0 Å². The first kappa shape index (κ1) is 43.4. The number of phenols is 4. The fourth-order valence-corrected chi connectivity index (χ4v) is 12.6. The van der Waals surface area contributed by atoms with Crippen molar-refractivity contribution in [2.45, 2.75) is 158 Å². The topological polar surface area (TPSA) is 80.9 Å². The predicted molar refractivity (Wildman–Crippen MR) is 267 cm³/mol. The van der Waals surface area contributed by atoms with Gasteiger partial charge in [-0.05, 0) is 185 Å². The molecule has 336 valence electrons. The number of hydrogen-bond acceptors (Lipinski definition) is 4. The van der Waals surface area contributed by atoms with Crippen LogP contribution in [0, 0.1) is 0 Å². The lowest BCUT2D eigenvalue weighted by atomic mass is 9.75. The van der Waals surface area contributed by atoms with E-state index in [2.05, 4.69) is 97.1 Å². The SMILES string of the molecule is Oc1ccc(-c2cc(C3CCCCC3)c(O)c(C(c3ccc(-c4ccccc4)cc3)c3cc(-c4ccc(O)c(C5CCCCC5)c4)cc(C4CCCCC4)c3O)c2)cc1C1CCCCC1. The van der Waals surface area contributed by atoms with Crippen LogP contribution in [-0.2, 0) is 0 Å². The third-order valence-electron chi connectivity index (χ3n) is 16.2. The standard InChI is InChI=1S/C61H68O4/c62-57-32-30-47(34-51(57)42-18-8-2-9-19-42)49-36-53(44-22-12-4-13-23-44)60(64)55(38-49)59(46-28-26-41(27-29-46)40-16-6-1-7-17-40)56-39-50(37-54(61(56)65)45-24-14-5-15-25-45)48-31-33-58(63)52(35-48)43-20-10-3-11-21-43/h1,6-7,16-17,26-39,42-45,59,62-65H,2-5,8-15,18-25H2. The van der Waals surface area contributed by atoms with Gasteiger partial charge in [-0.3, -0.25) is 0 Å². The molecule has 0 aromatic heterocycles. The van der Waals surface area contributed by atoms with Gasteiger partial charge in [-0.15, -0.1) is 0 Å². The van der Waals surface area contributed by atoms with Gasteiger partial charge in [0.05, 0.1) is 0 Å². The molecule has 0 unspecified atom stereocenters. The van der Waals surface area contributed by atoms with E-state index >= 15 is 0 Å².